The summed E-state index contributed by atoms with van der Waals surface area (Å²) >= 11 is 0. The Labute approximate surface area is 119 Å². The molecular formula is C14H23N3O3. The number of aliphatic hydroxyl groups is 1. The number of hydrogen-bond donors (Lipinski definition) is 1. The molecule has 0 bridgehead atoms. The van der Waals surface area contributed by atoms with Crippen molar-refractivity contribution in [1.82, 2.24) is 14.7 Å². The molecule has 112 valence electrons. The summed E-state index contributed by atoms with van der Waals surface area (Å²) < 4.78 is 6.73. The average molecular weight is 281 g/mol. The fraction of sp³-hybridized carbons (Fsp3) is 0.714. The Hall–Kier alpha value is -1.40. The van der Waals surface area contributed by atoms with E-state index in [4.69, 9.17) is 4.74 Å². The number of hydrogen-bond acceptors (Lipinski definition) is 5. The summed E-state index contributed by atoms with van der Waals surface area (Å²) in [5, 5.41) is 14.3. The summed E-state index contributed by atoms with van der Waals surface area (Å²) in [5.74, 6) is -0.289. The summed E-state index contributed by atoms with van der Waals surface area (Å²) in [6, 6.07) is 1.96. The Morgan fingerprint density at radius 2 is 2.40 bits per heavy atom. The van der Waals surface area contributed by atoms with Gasteiger partial charge in [-0.15, -0.1) is 0 Å². The third-order valence-corrected chi connectivity index (χ3v) is 3.93. The van der Waals surface area contributed by atoms with Gasteiger partial charge < -0.3 is 9.84 Å². The van der Waals surface area contributed by atoms with Crippen LogP contribution in [0.4, 0.5) is 0 Å². The van der Waals surface area contributed by atoms with E-state index in [1.165, 1.54) is 7.11 Å². The molecule has 3 atom stereocenters. The topological polar surface area (TPSA) is 67.6 Å². The first-order valence-corrected chi connectivity index (χ1v) is 7.09. The summed E-state index contributed by atoms with van der Waals surface area (Å²) in [5.41, 5.74) is 0.910. The van der Waals surface area contributed by atoms with Crippen LogP contribution in [-0.4, -0.2) is 51.6 Å². The molecule has 0 radical (unpaired) electrons. The predicted octanol–water partition coefficient (Wildman–Crippen LogP) is 0.962. The number of rotatable bonds is 5. The Morgan fingerprint density at radius 1 is 1.65 bits per heavy atom. The number of likely N-dealkylation sites (tertiary alicyclic amines) is 1. The highest BCUT2D eigenvalue weighted by atomic mass is 16.5. The van der Waals surface area contributed by atoms with Crippen LogP contribution in [0.15, 0.2) is 12.3 Å². The fourth-order valence-corrected chi connectivity index (χ4v) is 2.54. The first-order valence-electron chi connectivity index (χ1n) is 7.09. The van der Waals surface area contributed by atoms with E-state index in [-0.39, 0.29) is 12.0 Å². The van der Waals surface area contributed by atoms with Gasteiger partial charge in [-0.05, 0) is 19.4 Å². The van der Waals surface area contributed by atoms with Crippen molar-refractivity contribution in [3.8, 4) is 0 Å². The minimum absolute atomic E-state index is 0.289. The quantitative estimate of drug-likeness (QED) is 0.814. The highest BCUT2D eigenvalue weighted by molar-refractivity contribution is 5.76. The van der Waals surface area contributed by atoms with Gasteiger partial charge in [0.1, 0.15) is 6.04 Å². The molecule has 2 heterocycles. The lowest BCUT2D eigenvalue weighted by Crippen LogP contribution is -2.36. The van der Waals surface area contributed by atoms with Crippen LogP contribution in [0.1, 0.15) is 38.4 Å². The maximum Gasteiger partial charge on any atom is 0.323 e. The van der Waals surface area contributed by atoms with Crippen LogP contribution in [-0.2, 0) is 16.1 Å². The lowest BCUT2D eigenvalue weighted by molar-refractivity contribution is -0.146. The van der Waals surface area contributed by atoms with E-state index in [2.05, 4.69) is 18.9 Å². The molecular weight excluding hydrogens is 258 g/mol. The molecule has 1 aromatic rings. The van der Waals surface area contributed by atoms with Crippen molar-refractivity contribution in [3.05, 3.63) is 18.0 Å². The minimum atomic E-state index is -0.476. The third-order valence-electron chi connectivity index (χ3n) is 3.93. The van der Waals surface area contributed by atoms with Gasteiger partial charge >= 0.3 is 5.97 Å². The summed E-state index contributed by atoms with van der Waals surface area (Å²) in [6.07, 6.45) is 2.94. The normalized spacial score (nSPS) is 24.8. The molecule has 2 rings (SSSR count). The molecule has 1 saturated heterocycles. The van der Waals surface area contributed by atoms with Gasteiger partial charge in [0, 0.05) is 31.7 Å². The van der Waals surface area contributed by atoms with Crippen LogP contribution >= 0.6 is 0 Å². The number of β-amino-alcohol motifs (C(OH)–C–C–N with tert-alkyl or cyclic N) is 1. The molecule has 0 amide bonds. The molecule has 1 aliphatic rings. The highest BCUT2D eigenvalue weighted by Gasteiger charge is 2.36. The molecule has 1 N–H and O–H groups in total. The van der Waals surface area contributed by atoms with Crippen molar-refractivity contribution in [2.24, 2.45) is 0 Å². The van der Waals surface area contributed by atoms with Gasteiger partial charge in [-0.2, -0.15) is 5.10 Å². The van der Waals surface area contributed by atoms with E-state index in [1.807, 2.05) is 21.8 Å². The van der Waals surface area contributed by atoms with E-state index in [1.54, 1.807) is 0 Å². The molecule has 0 spiro atoms. The van der Waals surface area contributed by atoms with Crippen LogP contribution < -0.4 is 0 Å². The zero-order chi connectivity index (χ0) is 14.7. The number of aromatic nitrogens is 2. The Bertz CT molecular complexity index is 460. The smallest absolute Gasteiger partial charge is 0.323 e. The molecule has 0 saturated carbocycles. The number of carbonyl (C=O) groups excluding carboxylic acids is 1. The second-order valence-electron chi connectivity index (χ2n) is 5.40. The van der Waals surface area contributed by atoms with E-state index in [0.29, 0.717) is 25.6 Å². The van der Waals surface area contributed by atoms with Crippen LogP contribution in [0.3, 0.4) is 0 Å². The number of ether oxygens (including phenoxy) is 1. The molecule has 6 nitrogen and oxygen atoms in total. The molecule has 3 unspecified atom stereocenters. The number of carbonyl (C=O) groups is 1. The molecule has 6 heteroatoms. The minimum Gasteiger partial charge on any atom is -0.468 e. The molecule has 20 heavy (non-hydrogen) atoms. The van der Waals surface area contributed by atoms with E-state index >= 15 is 0 Å². The summed E-state index contributed by atoms with van der Waals surface area (Å²) in [4.78, 5) is 13.6. The Balaban J connectivity index is 2.04. The maximum absolute atomic E-state index is 11.7. The summed E-state index contributed by atoms with van der Waals surface area (Å²) in [6.45, 7) is 5.28. The van der Waals surface area contributed by atoms with Crippen molar-refractivity contribution in [2.75, 3.05) is 13.7 Å². The van der Waals surface area contributed by atoms with Crippen molar-refractivity contribution < 1.29 is 14.6 Å². The van der Waals surface area contributed by atoms with Crippen LogP contribution in [0.5, 0.6) is 0 Å². The van der Waals surface area contributed by atoms with Gasteiger partial charge in [-0.25, -0.2) is 0 Å². The first-order chi connectivity index (χ1) is 9.55. The van der Waals surface area contributed by atoms with Crippen LogP contribution in [0.2, 0.25) is 0 Å². The van der Waals surface area contributed by atoms with Crippen molar-refractivity contribution in [1.29, 1.82) is 0 Å². The van der Waals surface area contributed by atoms with Crippen molar-refractivity contribution in [2.45, 2.75) is 51.4 Å². The van der Waals surface area contributed by atoms with Gasteiger partial charge in [-0.3, -0.25) is 14.4 Å². The SMILES string of the molecule is CCC(C)n1ccc(CN2CC(O)CC2C(=O)OC)n1. The van der Waals surface area contributed by atoms with Crippen LogP contribution in [0.25, 0.3) is 0 Å². The second-order valence-corrected chi connectivity index (χ2v) is 5.40. The molecule has 1 fully saturated rings. The lowest BCUT2D eigenvalue weighted by Gasteiger charge is -2.20. The van der Waals surface area contributed by atoms with Crippen molar-refractivity contribution in [3.63, 3.8) is 0 Å². The van der Waals surface area contributed by atoms with E-state index < -0.39 is 6.10 Å². The van der Waals surface area contributed by atoms with Gasteiger partial charge in [0.25, 0.3) is 0 Å². The maximum atomic E-state index is 11.7. The van der Waals surface area contributed by atoms with Gasteiger partial charge in [0.05, 0.1) is 18.9 Å². The number of esters is 1. The Kier molecular flexibility index (Phi) is 4.77. The fourth-order valence-electron chi connectivity index (χ4n) is 2.54. The standard InChI is InChI=1S/C14H23N3O3/c1-4-10(2)17-6-5-11(15-17)8-16-9-12(18)7-13(16)14(19)20-3/h5-6,10,12-13,18H,4,7-9H2,1-3H3. The zero-order valence-electron chi connectivity index (χ0n) is 12.3. The number of methoxy groups -OCH3 is 1. The van der Waals surface area contributed by atoms with Gasteiger partial charge in [-0.1, -0.05) is 6.92 Å². The lowest BCUT2D eigenvalue weighted by atomic mass is 10.2. The average Bonchev–Trinajstić information content (AvgIpc) is 3.04. The highest BCUT2D eigenvalue weighted by Crippen LogP contribution is 2.21. The Morgan fingerprint density at radius 3 is 3.05 bits per heavy atom. The molecule has 0 aliphatic carbocycles. The molecule has 0 aromatic carbocycles. The number of aliphatic hydroxyl groups excluding tert-OH is 1. The third kappa shape index (κ3) is 3.19. The predicted molar refractivity (Wildman–Crippen MR) is 74.1 cm³/mol. The monoisotopic (exact) mass is 281 g/mol. The summed E-state index contributed by atoms with van der Waals surface area (Å²) in [7, 11) is 1.38. The second kappa shape index (κ2) is 6.37. The zero-order valence-corrected chi connectivity index (χ0v) is 12.3. The largest absolute Gasteiger partial charge is 0.468 e. The van der Waals surface area contributed by atoms with Gasteiger partial charge in [0.2, 0.25) is 0 Å². The van der Waals surface area contributed by atoms with Crippen molar-refractivity contribution >= 4 is 5.97 Å². The number of nitrogens with zero attached hydrogens (tertiary/aromatic N) is 3. The van der Waals surface area contributed by atoms with E-state index in [9.17, 15) is 9.90 Å². The van der Waals surface area contributed by atoms with Gasteiger partial charge in [0.15, 0.2) is 0 Å². The molecule has 1 aromatic heterocycles. The molecule has 1 aliphatic heterocycles. The first kappa shape index (κ1) is 15.0. The van der Waals surface area contributed by atoms with E-state index in [0.717, 1.165) is 12.1 Å². The van der Waals surface area contributed by atoms with Crippen LogP contribution in [0, 0.1) is 0 Å².